The van der Waals surface area contributed by atoms with Crippen LogP contribution in [0.4, 0.5) is 0 Å². The number of aliphatic hydroxyl groups is 3. The summed E-state index contributed by atoms with van der Waals surface area (Å²) < 4.78 is 42.7. The molecule has 358 valence electrons. The first-order valence-corrected chi connectivity index (χ1v) is 22.1. The number of nitrogens with one attached hydrogen (secondary N) is 1. The molecule has 2 saturated carbocycles. The van der Waals surface area contributed by atoms with Gasteiger partial charge in [-0.25, -0.2) is 9.59 Å². The van der Waals surface area contributed by atoms with E-state index in [1.165, 1.54) is 32.9 Å². The average Bonchev–Trinajstić information content (AvgIpc) is 3.30. The second kappa shape index (κ2) is 19.4. The number of hydrogen-bond donors (Lipinski definition) is 4. The normalized spacial score (nSPS) is 30.4. The topological polar surface area (TPSA) is 240 Å². The Balaban J connectivity index is 1.41. The molecule has 0 radical (unpaired) electrons. The van der Waals surface area contributed by atoms with Crippen molar-refractivity contribution in [3.8, 4) is 0 Å². The van der Waals surface area contributed by atoms with Gasteiger partial charge >= 0.3 is 23.9 Å². The molecule has 2 bridgehead atoms. The van der Waals surface area contributed by atoms with Gasteiger partial charge in [-0.3, -0.25) is 19.2 Å². The molecule has 0 spiro atoms. The maximum absolute atomic E-state index is 16.0. The van der Waals surface area contributed by atoms with Gasteiger partial charge in [0.05, 0.1) is 48.9 Å². The molecule has 3 aromatic carbocycles. The number of carbonyl (C=O) groups is 6. The molecule has 2 unspecified atom stereocenters. The van der Waals surface area contributed by atoms with Crippen LogP contribution in [0.2, 0.25) is 0 Å². The molecule has 17 heteroatoms. The molecule has 11 atom stereocenters. The third-order valence-electron chi connectivity index (χ3n) is 14.0. The van der Waals surface area contributed by atoms with Gasteiger partial charge in [0.25, 0.3) is 5.91 Å². The van der Waals surface area contributed by atoms with E-state index in [1.54, 1.807) is 92.7 Å². The van der Waals surface area contributed by atoms with E-state index < -0.39 is 119 Å². The monoisotopic (exact) mass is 927 g/mol. The maximum atomic E-state index is 16.0. The lowest BCUT2D eigenvalue weighted by Crippen LogP contribution is -2.82. The van der Waals surface area contributed by atoms with Crippen molar-refractivity contribution in [2.75, 3.05) is 26.6 Å². The summed E-state index contributed by atoms with van der Waals surface area (Å²) in [5, 5.41) is 38.0. The van der Waals surface area contributed by atoms with Crippen molar-refractivity contribution in [1.29, 1.82) is 0 Å². The summed E-state index contributed by atoms with van der Waals surface area (Å²) in [6.07, 6.45) is -10.0. The van der Waals surface area contributed by atoms with Crippen LogP contribution < -0.4 is 5.32 Å². The highest BCUT2D eigenvalue weighted by Gasteiger charge is 2.78. The van der Waals surface area contributed by atoms with Gasteiger partial charge < -0.3 is 53.8 Å². The Morgan fingerprint density at radius 2 is 1.46 bits per heavy atom. The number of Topliss-reactive ketones (excluding diaryl/α,β-unsaturated/α-hetero) is 1. The first-order chi connectivity index (χ1) is 31.8. The van der Waals surface area contributed by atoms with Crippen LogP contribution in [-0.2, 0) is 52.3 Å². The number of amides is 1. The van der Waals surface area contributed by atoms with Crippen molar-refractivity contribution in [3.05, 3.63) is 119 Å². The van der Waals surface area contributed by atoms with Crippen molar-refractivity contribution in [1.82, 2.24) is 5.32 Å². The van der Waals surface area contributed by atoms with Crippen molar-refractivity contribution in [2.45, 2.75) is 108 Å². The fourth-order valence-corrected chi connectivity index (χ4v) is 10.7. The molecule has 4 aliphatic rings. The van der Waals surface area contributed by atoms with E-state index in [9.17, 15) is 39.3 Å². The zero-order valence-corrected chi connectivity index (χ0v) is 38.2. The highest BCUT2D eigenvalue weighted by atomic mass is 16.7. The van der Waals surface area contributed by atoms with Crippen LogP contribution in [-0.4, -0.2) is 125 Å². The Labute approximate surface area is 387 Å². The summed E-state index contributed by atoms with van der Waals surface area (Å²) in [7, 11) is 0. The van der Waals surface area contributed by atoms with Crippen molar-refractivity contribution in [2.24, 2.45) is 16.7 Å². The van der Waals surface area contributed by atoms with Crippen molar-refractivity contribution < 1.29 is 77.2 Å². The fourth-order valence-electron chi connectivity index (χ4n) is 10.7. The molecule has 3 aromatic rings. The number of ketones is 1. The minimum absolute atomic E-state index is 0.00923. The quantitative estimate of drug-likeness (QED) is 0.0558. The number of aliphatic hydroxyl groups excluding tert-OH is 2. The Morgan fingerprint density at radius 1 is 0.851 bits per heavy atom. The second-order valence-electron chi connectivity index (χ2n) is 18.2. The number of hydrogen-bond acceptors (Lipinski definition) is 16. The fraction of sp³-hybridized carbons (Fsp3) is 0.480. The molecule has 17 nitrogen and oxygen atoms in total. The first kappa shape index (κ1) is 49.1. The third kappa shape index (κ3) is 8.91. The third-order valence-corrected chi connectivity index (χ3v) is 14.0. The summed E-state index contributed by atoms with van der Waals surface area (Å²) in [5.74, 6) is -6.75. The standard InChI is InChI=1S/C50H57NO16/c1-28-34(65-46(59)39(55)38(31-16-10-7-11-17-31)51-44(57)32-18-12-8-13-19-32)25-50(60)43(66-45(58)33-20-14-9-15-21-33)41-48(6,42(56)40(64-29(2)53)37(28)47(50,4)5)35(63-27-61-23-22-52)24-36-49(41,26-62-36)67-30(3)54/h7-21,34-36,38-41,43,52,55,60H,22-27H2,1-6H3,(H,51,57)/t34-,35-,36+,38-,39+,40+,41?,43?,48+,49-,50+/m0/s1. The van der Waals surface area contributed by atoms with Crippen LogP contribution in [0.1, 0.15) is 86.7 Å². The Bertz CT molecular complexity index is 2370. The van der Waals surface area contributed by atoms with E-state index in [1.807, 2.05) is 0 Å². The van der Waals surface area contributed by atoms with Gasteiger partial charge in [0.15, 0.2) is 23.6 Å². The second-order valence-corrected chi connectivity index (χ2v) is 18.2. The molecule has 4 N–H and O–H groups in total. The lowest BCUT2D eigenvalue weighted by atomic mass is 9.44. The van der Waals surface area contributed by atoms with Crippen LogP contribution in [0, 0.1) is 16.7 Å². The van der Waals surface area contributed by atoms with Gasteiger partial charge in [-0.15, -0.1) is 0 Å². The molecule has 3 fully saturated rings. The van der Waals surface area contributed by atoms with Crippen molar-refractivity contribution >= 4 is 35.6 Å². The van der Waals surface area contributed by atoms with E-state index >= 15 is 4.79 Å². The van der Waals surface area contributed by atoms with Crippen LogP contribution in [0.3, 0.4) is 0 Å². The number of ether oxygens (including phenoxy) is 7. The van der Waals surface area contributed by atoms with E-state index in [-0.39, 0.29) is 48.5 Å². The molecule has 1 saturated heterocycles. The molecule has 7 rings (SSSR count). The lowest BCUT2D eigenvalue weighted by molar-refractivity contribution is -0.351. The van der Waals surface area contributed by atoms with Crippen LogP contribution in [0.25, 0.3) is 0 Å². The zero-order valence-electron chi connectivity index (χ0n) is 38.2. The number of fused-ring (bicyclic) bond motifs is 5. The molecule has 67 heavy (non-hydrogen) atoms. The molecular weight excluding hydrogens is 871 g/mol. The van der Waals surface area contributed by atoms with Gasteiger partial charge in [0.1, 0.15) is 30.7 Å². The molecule has 3 aliphatic carbocycles. The van der Waals surface area contributed by atoms with Gasteiger partial charge in [-0.1, -0.05) is 80.6 Å². The van der Waals surface area contributed by atoms with E-state index in [0.29, 0.717) is 5.56 Å². The number of rotatable bonds is 15. The lowest BCUT2D eigenvalue weighted by Gasteiger charge is -2.67. The molecular formula is C50H57NO16. The highest BCUT2D eigenvalue weighted by Crippen LogP contribution is 2.65. The smallest absolute Gasteiger partial charge is 0.338 e. The van der Waals surface area contributed by atoms with Crippen molar-refractivity contribution in [3.63, 3.8) is 0 Å². The predicted molar refractivity (Wildman–Crippen MR) is 234 cm³/mol. The Hall–Kier alpha value is -5.82. The van der Waals surface area contributed by atoms with Gasteiger partial charge in [-0.2, -0.15) is 0 Å². The summed E-state index contributed by atoms with van der Waals surface area (Å²) in [6, 6.07) is 23.0. The van der Waals surface area contributed by atoms with E-state index in [0.717, 1.165) is 6.92 Å². The number of benzene rings is 3. The Kier molecular flexibility index (Phi) is 14.2. The van der Waals surface area contributed by atoms with Crippen LogP contribution >= 0.6 is 0 Å². The minimum atomic E-state index is -2.41. The van der Waals surface area contributed by atoms with Gasteiger partial charge in [-0.05, 0) is 54.8 Å². The van der Waals surface area contributed by atoms with Gasteiger partial charge in [0.2, 0.25) is 0 Å². The molecule has 1 heterocycles. The van der Waals surface area contributed by atoms with E-state index in [4.69, 9.17) is 33.2 Å². The first-order valence-electron chi connectivity index (χ1n) is 22.1. The summed E-state index contributed by atoms with van der Waals surface area (Å²) in [4.78, 5) is 84.9. The Morgan fingerprint density at radius 3 is 2.03 bits per heavy atom. The highest BCUT2D eigenvalue weighted by molar-refractivity contribution is 5.96. The zero-order chi connectivity index (χ0) is 48.5. The summed E-state index contributed by atoms with van der Waals surface area (Å²) in [5.41, 5.74) is -6.97. The molecule has 1 amide bonds. The molecule has 1 aliphatic heterocycles. The van der Waals surface area contributed by atoms with Crippen LogP contribution in [0.5, 0.6) is 0 Å². The SMILES string of the molecule is CC(=O)O[C@H]1C(=O)[C@@]2(C)C(C(OC(=O)c3ccccc3)[C@]3(O)C[C@H](OC(=O)[C@H](O)[C@@H](NC(=O)c4ccccc4)c4ccccc4)C(C)=C1C3(C)C)[C@]1(OC(C)=O)CO[C@@H]1C[C@@H]2OCOCCO. The number of esters is 4. The predicted octanol–water partition coefficient (Wildman–Crippen LogP) is 3.73. The molecule has 0 aromatic heterocycles. The summed E-state index contributed by atoms with van der Waals surface area (Å²) >= 11 is 0. The largest absolute Gasteiger partial charge is 0.456 e. The van der Waals surface area contributed by atoms with E-state index in [2.05, 4.69) is 5.32 Å². The average molecular weight is 928 g/mol. The minimum Gasteiger partial charge on any atom is -0.456 e. The number of carbonyl (C=O) groups excluding carboxylic acids is 6. The summed E-state index contributed by atoms with van der Waals surface area (Å²) in [6.45, 7) is 7.25. The maximum Gasteiger partial charge on any atom is 0.338 e. The van der Waals surface area contributed by atoms with Crippen LogP contribution in [0.15, 0.2) is 102 Å². The van der Waals surface area contributed by atoms with Gasteiger partial charge in [0, 0.05) is 37.7 Å².